The highest BCUT2D eigenvalue weighted by Gasteiger charge is 2.38. The minimum absolute atomic E-state index is 0.00946. The molecule has 18 heavy (non-hydrogen) atoms. The minimum Gasteiger partial charge on any atom is -0.480 e. The number of hydroxylamine groups is 2. The molecular formula is C12H13NO5. The molecule has 2 N–H and O–H groups in total. The molecule has 1 fully saturated rings. The molecule has 0 unspecified atom stereocenters. The fraction of sp³-hybridized carbons (Fsp3) is 0.333. The van der Waals surface area contributed by atoms with Crippen LogP contribution in [0.25, 0.3) is 0 Å². The van der Waals surface area contributed by atoms with Crippen LogP contribution in [0.1, 0.15) is 16.8 Å². The molecule has 0 saturated carbocycles. The van der Waals surface area contributed by atoms with Gasteiger partial charge in [-0.25, -0.2) is 4.79 Å². The van der Waals surface area contributed by atoms with Crippen molar-refractivity contribution in [1.82, 2.24) is 5.06 Å². The standard InChI is InChI=1S/C12H13NO5/c14-9-6-10(11(15)16)13(7-9)18-12(17)8-4-2-1-3-5-8/h1-5,9-10,14H,6-7H2,(H,15,16)/t9-,10+/m1/s1. The number of β-amino-alcohol motifs (C(OH)–C–C–N with tert-alkyl or cyclic N) is 1. The molecule has 1 aromatic carbocycles. The van der Waals surface area contributed by atoms with Crippen molar-refractivity contribution in [3.05, 3.63) is 35.9 Å². The molecule has 0 radical (unpaired) electrons. The second kappa shape index (κ2) is 5.16. The third kappa shape index (κ3) is 2.66. The van der Waals surface area contributed by atoms with E-state index in [1.807, 2.05) is 0 Å². The fourth-order valence-electron chi connectivity index (χ4n) is 1.84. The number of carboxylic acid groups (broad SMARTS) is 1. The average Bonchev–Trinajstić information content (AvgIpc) is 2.71. The van der Waals surface area contributed by atoms with Gasteiger partial charge in [-0.05, 0) is 12.1 Å². The number of rotatable bonds is 3. The molecule has 1 aliphatic heterocycles. The van der Waals surface area contributed by atoms with Crippen LogP contribution in [0.15, 0.2) is 30.3 Å². The molecule has 0 aliphatic carbocycles. The van der Waals surface area contributed by atoms with Crippen molar-refractivity contribution in [1.29, 1.82) is 0 Å². The number of carbonyl (C=O) groups is 2. The van der Waals surface area contributed by atoms with E-state index in [2.05, 4.69) is 0 Å². The normalized spacial score (nSPS) is 23.8. The molecule has 2 atom stereocenters. The van der Waals surface area contributed by atoms with E-state index in [1.54, 1.807) is 30.3 Å². The molecule has 6 heteroatoms. The van der Waals surface area contributed by atoms with E-state index in [1.165, 1.54) is 0 Å². The third-order valence-electron chi connectivity index (χ3n) is 2.73. The predicted octanol–water partition coefficient (Wildman–Crippen LogP) is 0.278. The topological polar surface area (TPSA) is 87.1 Å². The Bertz CT molecular complexity index is 447. The molecule has 96 valence electrons. The fourth-order valence-corrected chi connectivity index (χ4v) is 1.84. The maximum absolute atomic E-state index is 11.7. The highest BCUT2D eigenvalue weighted by molar-refractivity contribution is 5.89. The zero-order chi connectivity index (χ0) is 13.1. The van der Waals surface area contributed by atoms with Gasteiger partial charge in [0.2, 0.25) is 0 Å². The Kier molecular flexibility index (Phi) is 3.59. The van der Waals surface area contributed by atoms with Crippen LogP contribution >= 0.6 is 0 Å². The van der Waals surface area contributed by atoms with Gasteiger partial charge < -0.3 is 15.1 Å². The summed E-state index contributed by atoms with van der Waals surface area (Å²) in [6.07, 6.45) is -0.744. The van der Waals surface area contributed by atoms with Gasteiger partial charge in [-0.1, -0.05) is 18.2 Å². The first kappa shape index (κ1) is 12.5. The SMILES string of the molecule is O=C(ON1C[C@H](O)C[C@H]1C(=O)O)c1ccccc1. The van der Waals surface area contributed by atoms with Gasteiger partial charge in [0, 0.05) is 6.42 Å². The highest BCUT2D eigenvalue weighted by Crippen LogP contribution is 2.19. The largest absolute Gasteiger partial charge is 0.480 e. The van der Waals surface area contributed by atoms with Crippen molar-refractivity contribution in [3.63, 3.8) is 0 Å². The van der Waals surface area contributed by atoms with Gasteiger partial charge in [-0.3, -0.25) is 4.79 Å². The zero-order valence-electron chi connectivity index (χ0n) is 9.52. The molecule has 6 nitrogen and oxygen atoms in total. The third-order valence-corrected chi connectivity index (χ3v) is 2.73. The number of aliphatic hydroxyl groups is 1. The Morgan fingerprint density at radius 2 is 1.94 bits per heavy atom. The van der Waals surface area contributed by atoms with Crippen LogP contribution in [0.5, 0.6) is 0 Å². The van der Waals surface area contributed by atoms with Crippen molar-refractivity contribution in [2.75, 3.05) is 6.54 Å². The highest BCUT2D eigenvalue weighted by atomic mass is 16.7. The number of aliphatic hydroxyl groups excluding tert-OH is 1. The number of hydrogen-bond donors (Lipinski definition) is 2. The zero-order valence-corrected chi connectivity index (χ0v) is 9.52. The lowest BCUT2D eigenvalue weighted by molar-refractivity contribution is -0.163. The van der Waals surface area contributed by atoms with Gasteiger partial charge in [0.25, 0.3) is 0 Å². The number of hydrogen-bond acceptors (Lipinski definition) is 5. The van der Waals surface area contributed by atoms with Crippen LogP contribution in [0.4, 0.5) is 0 Å². The Balaban J connectivity index is 2.05. The average molecular weight is 251 g/mol. The van der Waals surface area contributed by atoms with Crippen molar-refractivity contribution in [3.8, 4) is 0 Å². The second-order valence-electron chi connectivity index (χ2n) is 4.09. The second-order valence-corrected chi connectivity index (χ2v) is 4.09. The van der Waals surface area contributed by atoms with Crippen molar-refractivity contribution in [2.24, 2.45) is 0 Å². The van der Waals surface area contributed by atoms with Crippen LogP contribution < -0.4 is 0 Å². The molecule has 2 rings (SSSR count). The molecular weight excluding hydrogens is 238 g/mol. The summed E-state index contributed by atoms with van der Waals surface area (Å²) >= 11 is 0. The quantitative estimate of drug-likeness (QED) is 0.802. The van der Waals surface area contributed by atoms with E-state index in [9.17, 15) is 14.7 Å². The summed E-state index contributed by atoms with van der Waals surface area (Å²) in [5.74, 6) is -1.75. The first-order chi connectivity index (χ1) is 8.58. The van der Waals surface area contributed by atoms with E-state index < -0.39 is 24.1 Å². The molecule has 0 aromatic heterocycles. The number of benzene rings is 1. The molecule has 0 amide bonds. The predicted molar refractivity (Wildman–Crippen MR) is 60.6 cm³/mol. The number of carbonyl (C=O) groups excluding carboxylic acids is 1. The summed E-state index contributed by atoms with van der Waals surface area (Å²) in [7, 11) is 0. The van der Waals surface area contributed by atoms with Crippen molar-refractivity contribution >= 4 is 11.9 Å². The van der Waals surface area contributed by atoms with Crippen molar-refractivity contribution in [2.45, 2.75) is 18.6 Å². The summed E-state index contributed by atoms with van der Waals surface area (Å²) in [5, 5.41) is 19.4. The van der Waals surface area contributed by atoms with Crippen LogP contribution in [0, 0.1) is 0 Å². The lowest BCUT2D eigenvalue weighted by Gasteiger charge is -2.19. The number of aliphatic carboxylic acids is 1. The van der Waals surface area contributed by atoms with Crippen LogP contribution in [-0.2, 0) is 9.63 Å². The Hall–Kier alpha value is -1.92. The first-order valence-corrected chi connectivity index (χ1v) is 5.53. The smallest absolute Gasteiger partial charge is 0.357 e. The molecule has 1 saturated heterocycles. The number of nitrogens with zero attached hydrogens (tertiary/aromatic N) is 1. The summed E-state index contributed by atoms with van der Waals surface area (Å²) in [4.78, 5) is 27.7. The molecule has 1 aliphatic rings. The van der Waals surface area contributed by atoms with Gasteiger partial charge in [0.05, 0.1) is 18.2 Å². The lowest BCUT2D eigenvalue weighted by Crippen LogP contribution is -2.37. The van der Waals surface area contributed by atoms with E-state index in [0.29, 0.717) is 5.56 Å². The van der Waals surface area contributed by atoms with Crippen LogP contribution in [-0.4, -0.2) is 45.9 Å². The van der Waals surface area contributed by atoms with Crippen molar-refractivity contribution < 1.29 is 24.6 Å². The van der Waals surface area contributed by atoms with Gasteiger partial charge in [0.1, 0.15) is 6.04 Å². The number of carboxylic acids is 1. The van der Waals surface area contributed by atoms with Gasteiger partial charge in [-0.15, -0.1) is 5.06 Å². The molecule has 1 aromatic rings. The summed E-state index contributed by atoms with van der Waals surface area (Å²) < 4.78 is 0. The van der Waals surface area contributed by atoms with Crippen LogP contribution in [0.2, 0.25) is 0 Å². The van der Waals surface area contributed by atoms with E-state index in [0.717, 1.165) is 5.06 Å². The van der Waals surface area contributed by atoms with E-state index in [4.69, 9.17) is 9.94 Å². The van der Waals surface area contributed by atoms with Gasteiger partial charge in [0.15, 0.2) is 0 Å². The van der Waals surface area contributed by atoms with Gasteiger partial charge >= 0.3 is 11.9 Å². The van der Waals surface area contributed by atoms with Gasteiger partial charge in [-0.2, -0.15) is 0 Å². The molecule has 0 spiro atoms. The molecule has 1 heterocycles. The Labute approximate surface area is 103 Å². The lowest BCUT2D eigenvalue weighted by atomic mass is 10.2. The maximum Gasteiger partial charge on any atom is 0.357 e. The minimum atomic E-state index is -1.12. The maximum atomic E-state index is 11.7. The van der Waals surface area contributed by atoms with E-state index >= 15 is 0 Å². The Morgan fingerprint density at radius 1 is 1.28 bits per heavy atom. The monoisotopic (exact) mass is 251 g/mol. The summed E-state index contributed by atoms with van der Waals surface area (Å²) in [6.45, 7) is 0.00946. The summed E-state index contributed by atoms with van der Waals surface area (Å²) in [6, 6.07) is 7.28. The van der Waals surface area contributed by atoms with Crippen LogP contribution in [0.3, 0.4) is 0 Å². The summed E-state index contributed by atoms with van der Waals surface area (Å²) in [5.41, 5.74) is 0.336. The first-order valence-electron chi connectivity index (χ1n) is 5.53. The Morgan fingerprint density at radius 3 is 2.56 bits per heavy atom. The molecule has 0 bridgehead atoms. The van der Waals surface area contributed by atoms with E-state index in [-0.39, 0.29) is 13.0 Å².